The van der Waals surface area contributed by atoms with Crippen molar-refractivity contribution in [3.05, 3.63) is 35.6 Å². The van der Waals surface area contributed by atoms with Crippen molar-refractivity contribution in [1.82, 2.24) is 4.90 Å². The molecule has 1 aliphatic rings. The highest BCUT2D eigenvalue weighted by Crippen LogP contribution is 2.27. The van der Waals surface area contributed by atoms with Crippen LogP contribution in [0.3, 0.4) is 0 Å². The summed E-state index contributed by atoms with van der Waals surface area (Å²) in [6, 6.07) is 7.44. The molecule has 0 saturated heterocycles. The molecule has 0 bridgehead atoms. The molecule has 1 aromatic rings. The molecular formula is C12H17FN2. The van der Waals surface area contributed by atoms with Crippen LogP contribution >= 0.6 is 0 Å². The van der Waals surface area contributed by atoms with Crippen molar-refractivity contribution in [3.8, 4) is 0 Å². The van der Waals surface area contributed by atoms with Crippen molar-refractivity contribution in [1.29, 1.82) is 0 Å². The molecule has 2 rings (SSSR count). The average Bonchev–Trinajstić information content (AvgIpc) is 3.04. The molecule has 2 N–H and O–H groups in total. The Labute approximate surface area is 89.9 Å². The predicted octanol–water partition coefficient (Wildman–Crippen LogP) is 1.75. The van der Waals surface area contributed by atoms with Gasteiger partial charge in [0.25, 0.3) is 0 Å². The first-order chi connectivity index (χ1) is 7.29. The van der Waals surface area contributed by atoms with Gasteiger partial charge in [-0.2, -0.15) is 0 Å². The van der Waals surface area contributed by atoms with Gasteiger partial charge in [-0.05, 0) is 30.5 Å². The molecule has 3 heteroatoms. The van der Waals surface area contributed by atoms with Gasteiger partial charge >= 0.3 is 0 Å². The summed E-state index contributed by atoms with van der Waals surface area (Å²) in [7, 11) is 0. The lowest BCUT2D eigenvalue weighted by molar-refractivity contribution is 0.262. The molecule has 15 heavy (non-hydrogen) atoms. The van der Waals surface area contributed by atoms with E-state index in [-0.39, 0.29) is 5.82 Å². The summed E-state index contributed by atoms with van der Waals surface area (Å²) in [5.41, 5.74) is 6.73. The van der Waals surface area contributed by atoms with Crippen LogP contribution in [0, 0.1) is 5.82 Å². The molecule has 1 aromatic carbocycles. The zero-order valence-corrected chi connectivity index (χ0v) is 8.82. The number of nitrogens with zero attached hydrogens (tertiary/aromatic N) is 1. The van der Waals surface area contributed by atoms with Crippen molar-refractivity contribution in [2.45, 2.75) is 25.4 Å². The highest BCUT2D eigenvalue weighted by Gasteiger charge is 2.28. The topological polar surface area (TPSA) is 29.3 Å². The maximum absolute atomic E-state index is 12.7. The van der Waals surface area contributed by atoms with Crippen molar-refractivity contribution >= 4 is 0 Å². The van der Waals surface area contributed by atoms with E-state index < -0.39 is 0 Å². The van der Waals surface area contributed by atoms with Crippen LogP contribution in [0.4, 0.5) is 4.39 Å². The Bertz CT molecular complexity index is 306. The number of rotatable bonds is 5. The number of halogens is 1. The number of hydrogen-bond donors (Lipinski definition) is 1. The molecule has 0 atom stereocenters. The lowest BCUT2D eigenvalue weighted by Gasteiger charge is -2.20. The molecular weight excluding hydrogens is 191 g/mol. The van der Waals surface area contributed by atoms with Gasteiger partial charge in [-0.1, -0.05) is 12.1 Å². The zero-order valence-electron chi connectivity index (χ0n) is 8.82. The van der Waals surface area contributed by atoms with Gasteiger partial charge in [-0.15, -0.1) is 0 Å². The SMILES string of the molecule is NCCN(Cc1ccc(F)cc1)C1CC1. The van der Waals surface area contributed by atoms with Crippen LogP contribution in [0.2, 0.25) is 0 Å². The van der Waals surface area contributed by atoms with E-state index in [2.05, 4.69) is 4.90 Å². The van der Waals surface area contributed by atoms with Crippen LogP contribution < -0.4 is 5.73 Å². The van der Waals surface area contributed by atoms with Crippen LogP contribution in [-0.2, 0) is 6.54 Å². The highest BCUT2D eigenvalue weighted by atomic mass is 19.1. The Morgan fingerprint density at radius 1 is 1.27 bits per heavy atom. The Hall–Kier alpha value is -0.930. The molecule has 2 nitrogen and oxygen atoms in total. The fourth-order valence-electron chi connectivity index (χ4n) is 1.82. The molecule has 0 spiro atoms. The molecule has 0 aliphatic heterocycles. The van der Waals surface area contributed by atoms with Gasteiger partial charge in [0.15, 0.2) is 0 Å². The van der Waals surface area contributed by atoms with Gasteiger partial charge < -0.3 is 5.73 Å². The summed E-state index contributed by atoms with van der Waals surface area (Å²) in [6.07, 6.45) is 2.56. The minimum atomic E-state index is -0.171. The predicted molar refractivity (Wildman–Crippen MR) is 58.9 cm³/mol. The van der Waals surface area contributed by atoms with E-state index in [4.69, 9.17) is 5.73 Å². The minimum absolute atomic E-state index is 0.171. The quantitative estimate of drug-likeness (QED) is 0.798. The smallest absolute Gasteiger partial charge is 0.123 e. The van der Waals surface area contributed by atoms with Crippen LogP contribution in [0.25, 0.3) is 0 Å². The van der Waals surface area contributed by atoms with Gasteiger partial charge in [-0.3, -0.25) is 4.90 Å². The zero-order chi connectivity index (χ0) is 10.7. The molecule has 0 radical (unpaired) electrons. The van der Waals surface area contributed by atoms with E-state index in [1.165, 1.54) is 25.0 Å². The molecule has 1 fully saturated rings. The van der Waals surface area contributed by atoms with Gasteiger partial charge in [0, 0.05) is 25.7 Å². The first-order valence-electron chi connectivity index (χ1n) is 5.48. The van der Waals surface area contributed by atoms with E-state index >= 15 is 0 Å². The van der Waals surface area contributed by atoms with Crippen molar-refractivity contribution in [2.24, 2.45) is 5.73 Å². The second kappa shape index (κ2) is 4.73. The summed E-state index contributed by atoms with van der Waals surface area (Å²) < 4.78 is 12.7. The monoisotopic (exact) mass is 208 g/mol. The van der Waals surface area contributed by atoms with Crippen molar-refractivity contribution in [2.75, 3.05) is 13.1 Å². The number of hydrogen-bond acceptors (Lipinski definition) is 2. The first-order valence-corrected chi connectivity index (χ1v) is 5.48. The molecule has 1 saturated carbocycles. The third kappa shape index (κ3) is 3.01. The third-order valence-corrected chi connectivity index (χ3v) is 2.78. The van der Waals surface area contributed by atoms with E-state index in [0.717, 1.165) is 18.7 Å². The van der Waals surface area contributed by atoms with Gasteiger partial charge in [0.2, 0.25) is 0 Å². The molecule has 82 valence electrons. The lowest BCUT2D eigenvalue weighted by atomic mass is 10.2. The molecule has 0 amide bonds. The Morgan fingerprint density at radius 2 is 1.93 bits per heavy atom. The van der Waals surface area contributed by atoms with E-state index in [1.54, 1.807) is 0 Å². The largest absolute Gasteiger partial charge is 0.329 e. The normalized spacial score (nSPS) is 15.9. The van der Waals surface area contributed by atoms with Gasteiger partial charge in [-0.25, -0.2) is 4.39 Å². The molecule has 0 aromatic heterocycles. The van der Waals surface area contributed by atoms with Crippen LogP contribution in [0.5, 0.6) is 0 Å². The fraction of sp³-hybridized carbons (Fsp3) is 0.500. The third-order valence-electron chi connectivity index (χ3n) is 2.78. The molecule has 0 unspecified atom stereocenters. The number of benzene rings is 1. The van der Waals surface area contributed by atoms with Gasteiger partial charge in [0.1, 0.15) is 5.82 Å². The highest BCUT2D eigenvalue weighted by molar-refractivity contribution is 5.16. The maximum atomic E-state index is 12.7. The second-order valence-electron chi connectivity index (χ2n) is 4.12. The summed E-state index contributed by atoms with van der Waals surface area (Å²) in [5, 5.41) is 0. The first kappa shape index (κ1) is 10.6. The summed E-state index contributed by atoms with van der Waals surface area (Å²) >= 11 is 0. The van der Waals surface area contributed by atoms with E-state index in [1.807, 2.05) is 12.1 Å². The van der Waals surface area contributed by atoms with Crippen LogP contribution in [0.15, 0.2) is 24.3 Å². The summed E-state index contributed by atoms with van der Waals surface area (Å²) in [6.45, 7) is 2.52. The Balaban J connectivity index is 1.95. The van der Waals surface area contributed by atoms with Crippen LogP contribution in [0.1, 0.15) is 18.4 Å². The fourth-order valence-corrected chi connectivity index (χ4v) is 1.82. The van der Waals surface area contributed by atoms with Crippen molar-refractivity contribution < 1.29 is 4.39 Å². The molecule has 0 heterocycles. The van der Waals surface area contributed by atoms with Crippen LogP contribution in [-0.4, -0.2) is 24.0 Å². The Morgan fingerprint density at radius 3 is 2.47 bits per heavy atom. The average molecular weight is 208 g/mol. The van der Waals surface area contributed by atoms with E-state index in [0.29, 0.717) is 12.6 Å². The maximum Gasteiger partial charge on any atom is 0.123 e. The van der Waals surface area contributed by atoms with Gasteiger partial charge in [0.05, 0.1) is 0 Å². The lowest BCUT2D eigenvalue weighted by Crippen LogP contribution is -2.30. The summed E-state index contributed by atoms with van der Waals surface area (Å²) in [4.78, 5) is 2.38. The summed E-state index contributed by atoms with van der Waals surface area (Å²) in [5.74, 6) is -0.171. The Kier molecular flexibility index (Phi) is 3.34. The minimum Gasteiger partial charge on any atom is -0.329 e. The standard InChI is InChI=1S/C12H17FN2/c13-11-3-1-10(2-4-11)9-15(8-7-14)12-5-6-12/h1-4,12H,5-9,14H2. The van der Waals surface area contributed by atoms with E-state index in [9.17, 15) is 4.39 Å². The number of nitrogens with two attached hydrogens (primary N) is 1. The molecule has 1 aliphatic carbocycles. The second-order valence-corrected chi connectivity index (χ2v) is 4.12. The van der Waals surface area contributed by atoms with Crippen molar-refractivity contribution in [3.63, 3.8) is 0 Å².